The number of pyridine rings is 1. The van der Waals surface area contributed by atoms with Gasteiger partial charge in [0.25, 0.3) is 0 Å². The predicted octanol–water partition coefficient (Wildman–Crippen LogP) is 0.250. The fourth-order valence-corrected chi connectivity index (χ4v) is 2.47. The van der Waals surface area contributed by atoms with Crippen LogP contribution in [-0.4, -0.2) is 59.8 Å². The van der Waals surface area contributed by atoms with Crippen LogP contribution in [0.3, 0.4) is 0 Å². The SMILES string of the molecule is CN1CCC(N(C)C(=O)C(=O)NCc2cccnc2)CC1. The van der Waals surface area contributed by atoms with Crippen LogP contribution in [0.25, 0.3) is 0 Å². The van der Waals surface area contributed by atoms with Gasteiger partial charge in [-0.2, -0.15) is 0 Å². The Bertz CT molecular complexity index is 484. The third kappa shape index (κ3) is 4.26. The number of amides is 2. The number of carbonyl (C=O) groups excluding carboxylic acids is 2. The standard InChI is InChI=1S/C15H22N4O2/c1-18-8-5-13(6-9-18)19(2)15(21)14(20)17-11-12-4-3-7-16-10-12/h3-4,7,10,13H,5-6,8-9,11H2,1-2H3,(H,17,20). The molecular formula is C15H22N4O2. The van der Waals surface area contributed by atoms with E-state index in [0.717, 1.165) is 31.5 Å². The first-order chi connectivity index (χ1) is 10.1. The number of aromatic nitrogens is 1. The van der Waals surface area contributed by atoms with Gasteiger partial charge in [-0.3, -0.25) is 14.6 Å². The van der Waals surface area contributed by atoms with Gasteiger partial charge in [-0.25, -0.2) is 0 Å². The highest BCUT2D eigenvalue weighted by Crippen LogP contribution is 2.14. The minimum absolute atomic E-state index is 0.151. The van der Waals surface area contributed by atoms with Crippen molar-refractivity contribution in [3.63, 3.8) is 0 Å². The Hall–Kier alpha value is -1.95. The molecule has 2 heterocycles. The van der Waals surface area contributed by atoms with Crippen molar-refractivity contribution in [2.75, 3.05) is 27.2 Å². The molecule has 6 nitrogen and oxygen atoms in total. The van der Waals surface area contributed by atoms with Gasteiger partial charge in [0.05, 0.1) is 0 Å². The van der Waals surface area contributed by atoms with E-state index in [2.05, 4.69) is 22.2 Å². The quantitative estimate of drug-likeness (QED) is 0.811. The summed E-state index contributed by atoms with van der Waals surface area (Å²) in [4.78, 5) is 31.8. The summed E-state index contributed by atoms with van der Waals surface area (Å²) in [5.74, 6) is -1.02. The molecule has 1 saturated heterocycles. The van der Waals surface area contributed by atoms with E-state index in [4.69, 9.17) is 0 Å². The average molecular weight is 290 g/mol. The van der Waals surface area contributed by atoms with E-state index in [0.29, 0.717) is 6.54 Å². The van der Waals surface area contributed by atoms with Gasteiger partial charge in [-0.05, 0) is 44.6 Å². The Balaban J connectivity index is 1.82. The first-order valence-electron chi connectivity index (χ1n) is 7.20. The van der Waals surface area contributed by atoms with Crippen molar-refractivity contribution in [1.82, 2.24) is 20.1 Å². The second-order valence-corrected chi connectivity index (χ2v) is 5.49. The molecule has 1 N–H and O–H groups in total. The normalized spacial score (nSPS) is 16.5. The molecule has 0 spiro atoms. The monoisotopic (exact) mass is 290 g/mol. The number of hydrogen-bond acceptors (Lipinski definition) is 4. The van der Waals surface area contributed by atoms with Crippen LogP contribution in [0.2, 0.25) is 0 Å². The van der Waals surface area contributed by atoms with Crippen LogP contribution in [-0.2, 0) is 16.1 Å². The number of carbonyl (C=O) groups is 2. The largest absolute Gasteiger partial charge is 0.344 e. The molecule has 2 rings (SSSR count). The van der Waals surface area contributed by atoms with Crippen molar-refractivity contribution in [3.8, 4) is 0 Å². The van der Waals surface area contributed by atoms with Crippen LogP contribution in [0.4, 0.5) is 0 Å². The molecule has 0 bridgehead atoms. The second-order valence-electron chi connectivity index (χ2n) is 5.49. The molecule has 0 radical (unpaired) electrons. The Kier molecular flexibility index (Phi) is 5.27. The number of nitrogens with one attached hydrogen (secondary N) is 1. The number of nitrogens with zero attached hydrogens (tertiary/aromatic N) is 3. The number of piperidine rings is 1. The maximum absolute atomic E-state index is 12.1. The fraction of sp³-hybridized carbons (Fsp3) is 0.533. The highest BCUT2D eigenvalue weighted by molar-refractivity contribution is 6.34. The zero-order chi connectivity index (χ0) is 15.2. The first-order valence-corrected chi connectivity index (χ1v) is 7.20. The highest BCUT2D eigenvalue weighted by atomic mass is 16.2. The molecule has 2 amide bonds. The van der Waals surface area contributed by atoms with Crippen LogP contribution in [0.1, 0.15) is 18.4 Å². The summed E-state index contributed by atoms with van der Waals surface area (Å²) in [7, 11) is 3.78. The van der Waals surface area contributed by atoms with E-state index in [1.807, 2.05) is 6.07 Å². The third-order valence-corrected chi connectivity index (χ3v) is 3.93. The molecular weight excluding hydrogens is 268 g/mol. The van der Waals surface area contributed by atoms with Gasteiger partial charge in [0.1, 0.15) is 0 Å². The summed E-state index contributed by atoms with van der Waals surface area (Å²) in [6.45, 7) is 2.23. The Labute approximate surface area is 125 Å². The number of rotatable bonds is 3. The van der Waals surface area contributed by atoms with E-state index in [-0.39, 0.29) is 6.04 Å². The minimum atomic E-state index is -0.555. The van der Waals surface area contributed by atoms with Crippen LogP contribution in [0, 0.1) is 0 Å². The minimum Gasteiger partial charge on any atom is -0.344 e. The first kappa shape index (κ1) is 15.4. The zero-order valence-electron chi connectivity index (χ0n) is 12.6. The summed E-state index contributed by atoms with van der Waals surface area (Å²) in [6.07, 6.45) is 5.17. The second kappa shape index (κ2) is 7.17. The molecule has 0 unspecified atom stereocenters. The Morgan fingerprint density at radius 1 is 1.43 bits per heavy atom. The molecule has 0 atom stereocenters. The van der Waals surface area contributed by atoms with Crippen LogP contribution >= 0.6 is 0 Å². The molecule has 1 aliphatic heterocycles. The van der Waals surface area contributed by atoms with Crippen LogP contribution < -0.4 is 5.32 Å². The van der Waals surface area contributed by atoms with Crippen molar-refractivity contribution in [2.24, 2.45) is 0 Å². The maximum atomic E-state index is 12.1. The lowest BCUT2D eigenvalue weighted by molar-refractivity contribution is -0.147. The van der Waals surface area contributed by atoms with E-state index in [1.54, 1.807) is 30.4 Å². The fourth-order valence-electron chi connectivity index (χ4n) is 2.47. The Morgan fingerprint density at radius 2 is 2.14 bits per heavy atom. The smallest absolute Gasteiger partial charge is 0.311 e. The van der Waals surface area contributed by atoms with Crippen molar-refractivity contribution in [3.05, 3.63) is 30.1 Å². The van der Waals surface area contributed by atoms with E-state index < -0.39 is 11.8 Å². The third-order valence-electron chi connectivity index (χ3n) is 3.93. The molecule has 1 aliphatic rings. The Morgan fingerprint density at radius 3 is 2.76 bits per heavy atom. The zero-order valence-corrected chi connectivity index (χ0v) is 12.6. The van der Waals surface area contributed by atoms with Gasteiger partial charge in [-0.15, -0.1) is 0 Å². The molecule has 21 heavy (non-hydrogen) atoms. The molecule has 6 heteroatoms. The van der Waals surface area contributed by atoms with Gasteiger partial charge in [0.2, 0.25) is 0 Å². The summed E-state index contributed by atoms with van der Waals surface area (Å²) in [5, 5.41) is 2.65. The number of likely N-dealkylation sites (N-methyl/N-ethyl adjacent to an activating group) is 1. The maximum Gasteiger partial charge on any atom is 0.311 e. The summed E-state index contributed by atoms with van der Waals surface area (Å²) < 4.78 is 0. The van der Waals surface area contributed by atoms with Gasteiger partial charge < -0.3 is 15.1 Å². The molecule has 114 valence electrons. The van der Waals surface area contributed by atoms with Crippen LogP contribution in [0.15, 0.2) is 24.5 Å². The lowest BCUT2D eigenvalue weighted by Gasteiger charge is -2.34. The van der Waals surface area contributed by atoms with Crippen molar-refractivity contribution in [2.45, 2.75) is 25.4 Å². The van der Waals surface area contributed by atoms with Gasteiger partial charge in [0, 0.05) is 32.0 Å². The average Bonchev–Trinajstić information content (AvgIpc) is 2.53. The van der Waals surface area contributed by atoms with Crippen molar-refractivity contribution >= 4 is 11.8 Å². The highest BCUT2D eigenvalue weighted by Gasteiger charge is 2.27. The summed E-state index contributed by atoms with van der Waals surface area (Å²) in [6, 6.07) is 3.81. The molecule has 0 saturated carbocycles. The van der Waals surface area contributed by atoms with Crippen molar-refractivity contribution < 1.29 is 9.59 Å². The van der Waals surface area contributed by atoms with Crippen LogP contribution in [0.5, 0.6) is 0 Å². The molecule has 0 aliphatic carbocycles. The number of hydrogen-bond donors (Lipinski definition) is 1. The number of likely N-dealkylation sites (tertiary alicyclic amines) is 1. The van der Waals surface area contributed by atoms with Gasteiger partial charge in [-0.1, -0.05) is 6.07 Å². The summed E-state index contributed by atoms with van der Waals surface area (Å²) in [5.41, 5.74) is 0.876. The van der Waals surface area contributed by atoms with Crippen molar-refractivity contribution in [1.29, 1.82) is 0 Å². The van der Waals surface area contributed by atoms with E-state index in [1.165, 1.54) is 0 Å². The molecule has 1 aromatic rings. The van der Waals surface area contributed by atoms with E-state index >= 15 is 0 Å². The predicted molar refractivity (Wildman–Crippen MR) is 79.4 cm³/mol. The lowest BCUT2D eigenvalue weighted by Crippen LogP contribution is -2.49. The van der Waals surface area contributed by atoms with Gasteiger partial charge >= 0.3 is 11.8 Å². The summed E-state index contributed by atoms with van der Waals surface area (Å²) >= 11 is 0. The molecule has 1 aromatic heterocycles. The van der Waals surface area contributed by atoms with E-state index in [9.17, 15) is 9.59 Å². The topological polar surface area (TPSA) is 65.5 Å². The lowest BCUT2D eigenvalue weighted by atomic mass is 10.0. The molecule has 0 aromatic carbocycles. The molecule has 1 fully saturated rings. The van der Waals surface area contributed by atoms with Gasteiger partial charge in [0.15, 0.2) is 0 Å².